The molecule has 182 valence electrons. The third-order valence-electron chi connectivity index (χ3n) is 5.89. The van der Waals surface area contributed by atoms with Crippen LogP contribution in [-0.2, 0) is 25.4 Å². The molecular formula is C26H32FN3O4. The number of hydrogen-bond acceptors (Lipinski definition) is 4. The Balaban J connectivity index is 1.86. The van der Waals surface area contributed by atoms with Crippen molar-refractivity contribution in [2.45, 2.75) is 58.1 Å². The SMILES string of the molecule is CC(C)(C)c1ccc(NC(=O)C(NC(=O)[C@H]2CNC(=O)C2)c2ccc(C(C)(C)O)cc2)cc1F. The van der Waals surface area contributed by atoms with Crippen LogP contribution in [0, 0.1) is 11.7 Å². The van der Waals surface area contributed by atoms with E-state index in [1.807, 2.05) is 20.8 Å². The van der Waals surface area contributed by atoms with Crippen LogP contribution in [0.1, 0.15) is 63.8 Å². The van der Waals surface area contributed by atoms with Crippen LogP contribution in [-0.4, -0.2) is 29.4 Å². The first-order chi connectivity index (χ1) is 15.8. The van der Waals surface area contributed by atoms with E-state index in [0.717, 1.165) is 0 Å². The normalized spacial score (nSPS) is 17.1. The molecule has 1 unspecified atom stereocenters. The van der Waals surface area contributed by atoms with E-state index >= 15 is 0 Å². The molecule has 0 saturated carbocycles. The van der Waals surface area contributed by atoms with Gasteiger partial charge < -0.3 is 21.1 Å². The van der Waals surface area contributed by atoms with Gasteiger partial charge in [-0.2, -0.15) is 0 Å². The Morgan fingerprint density at radius 3 is 2.24 bits per heavy atom. The zero-order valence-corrected chi connectivity index (χ0v) is 20.2. The van der Waals surface area contributed by atoms with E-state index in [1.54, 1.807) is 50.2 Å². The maximum absolute atomic E-state index is 14.6. The summed E-state index contributed by atoms with van der Waals surface area (Å²) in [5.74, 6) is -2.22. The summed E-state index contributed by atoms with van der Waals surface area (Å²) in [6, 6.07) is 10.1. The highest BCUT2D eigenvalue weighted by atomic mass is 19.1. The number of aliphatic hydroxyl groups is 1. The molecule has 2 atom stereocenters. The minimum Gasteiger partial charge on any atom is -0.386 e. The fourth-order valence-electron chi connectivity index (χ4n) is 3.85. The standard InChI is InChI=1S/C26H32FN3O4/c1-25(2,3)19-11-10-18(13-20(19)27)29-24(33)22(30-23(32)16-12-21(31)28-14-16)15-6-8-17(9-7-15)26(4,5)34/h6-11,13,16,22,34H,12,14H2,1-5H3,(H,28,31)(H,29,33)(H,30,32)/t16-,22?/m1/s1. The number of nitrogens with one attached hydrogen (secondary N) is 3. The predicted octanol–water partition coefficient (Wildman–Crippen LogP) is 3.28. The van der Waals surface area contributed by atoms with E-state index in [-0.39, 0.29) is 24.6 Å². The van der Waals surface area contributed by atoms with Crippen LogP contribution in [0.3, 0.4) is 0 Å². The summed E-state index contributed by atoms with van der Waals surface area (Å²) in [5, 5.41) is 18.2. The lowest BCUT2D eigenvalue weighted by molar-refractivity contribution is -0.129. The quantitative estimate of drug-likeness (QED) is 0.521. The predicted molar refractivity (Wildman–Crippen MR) is 127 cm³/mol. The van der Waals surface area contributed by atoms with Gasteiger partial charge in [-0.3, -0.25) is 14.4 Å². The lowest BCUT2D eigenvalue weighted by Gasteiger charge is -2.23. The van der Waals surface area contributed by atoms with Gasteiger partial charge in [0.05, 0.1) is 11.5 Å². The zero-order chi connectivity index (χ0) is 25.3. The maximum Gasteiger partial charge on any atom is 0.251 e. The van der Waals surface area contributed by atoms with Crippen LogP contribution in [0.4, 0.5) is 10.1 Å². The summed E-state index contributed by atoms with van der Waals surface area (Å²) >= 11 is 0. The highest BCUT2D eigenvalue weighted by molar-refractivity contribution is 5.99. The van der Waals surface area contributed by atoms with E-state index in [9.17, 15) is 23.9 Å². The molecule has 4 N–H and O–H groups in total. The van der Waals surface area contributed by atoms with Gasteiger partial charge in [0.2, 0.25) is 11.8 Å². The maximum atomic E-state index is 14.6. The third-order valence-corrected chi connectivity index (χ3v) is 5.89. The Kier molecular flexibility index (Phi) is 7.12. The van der Waals surface area contributed by atoms with Crippen LogP contribution >= 0.6 is 0 Å². The molecule has 1 saturated heterocycles. The molecule has 0 bridgehead atoms. The van der Waals surface area contributed by atoms with Gasteiger partial charge in [-0.25, -0.2) is 4.39 Å². The minimum absolute atomic E-state index is 0.0529. The van der Waals surface area contributed by atoms with Crippen molar-refractivity contribution in [2.75, 3.05) is 11.9 Å². The number of carbonyl (C=O) groups excluding carboxylic acids is 3. The summed E-state index contributed by atoms with van der Waals surface area (Å²) in [6.07, 6.45) is 0.0529. The van der Waals surface area contributed by atoms with Crippen LogP contribution in [0.2, 0.25) is 0 Å². The van der Waals surface area contributed by atoms with Crippen molar-refractivity contribution in [1.82, 2.24) is 10.6 Å². The van der Waals surface area contributed by atoms with Gasteiger partial charge in [0.15, 0.2) is 0 Å². The summed E-state index contributed by atoms with van der Waals surface area (Å²) in [4.78, 5) is 37.5. The van der Waals surface area contributed by atoms with Gasteiger partial charge in [-0.15, -0.1) is 0 Å². The topological polar surface area (TPSA) is 108 Å². The van der Waals surface area contributed by atoms with Gasteiger partial charge in [0.25, 0.3) is 5.91 Å². The molecule has 1 aliphatic rings. The van der Waals surface area contributed by atoms with Gasteiger partial charge in [0.1, 0.15) is 11.9 Å². The third kappa shape index (κ3) is 5.99. The molecule has 7 nitrogen and oxygen atoms in total. The molecule has 2 aromatic rings. The number of benzene rings is 2. The van der Waals surface area contributed by atoms with Crippen LogP contribution in [0.15, 0.2) is 42.5 Å². The Morgan fingerprint density at radius 1 is 1.09 bits per heavy atom. The number of hydrogen-bond donors (Lipinski definition) is 4. The lowest BCUT2D eigenvalue weighted by Crippen LogP contribution is -2.40. The van der Waals surface area contributed by atoms with Crippen LogP contribution in [0.25, 0.3) is 0 Å². The van der Waals surface area contributed by atoms with E-state index in [2.05, 4.69) is 16.0 Å². The molecule has 0 radical (unpaired) electrons. The number of amides is 3. The number of halogens is 1. The minimum atomic E-state index is -1.08. The summed E-state index contributed by atoms with van der Waals surface area (Å²) in [7, 11) is 0. The molecule has 8 heteroatoms. The number of carbonyl (C=O) groups is 3. The van der Waals surface area contributed by atoms with Crippen LogP contribution < -0.4 is 16.0 Å². The van der Waals surface area contributed by atoms with Crippen molar-refractivity contribution in [3.8, 4) is 0 Å². The van der Waals surface area contributed by atoms with Crippen molar-refractivity contribution < 1.29 is 23.9 Å². The summed E-state index contributed by atoms with van der Waals surface area (Å²) < 4.78 is 14.6. The van der Waals surface area contributed by atoms with Gasteiger partial charge in [-0.1, -0.05) is 51.1 Å². The van der Waals surface area contributed by atoms with Crippen molar-refractivity contribution in [3.63, 3.8) is 0 Å². The molecule has 3 amide bonds. The zero-order valence-electron chi connectivity index (χ0n) is 20.2. The molecule has 1 heterocycles. The Morgan fingerprint density at radius 2 is 1.74 bits per heavy atom. The van der Waals surface area contributed by atoms with Gasteiger partial charge >= 0.3 is 0 Å². The summed E-state index contributed by atoms with van der Waals surface area (Å²) in [5.41, 5.74) is 0.464. The smallest absolute Gasteiger partial charge is 0.251 e. The first-order valence-electron chi connectivity index (χ1n) is 11.3. The van der Waals surface area contributed by atoms with Crippen molar-refractivity contribution in [1.29, 1.82) is 0 Å². The molecule has 2 aromatic carbocycles. The molecule has 0 aromatic heterocycles. The molecule has 1 fully saturated rings. The van der Waals surface area contributed by atoms with Crippen molar-refractivity contribution in [2.24, 2.45) is 5.92 Å². The average Bonchev–Trinajstić information content (AvgIpc) is 3.17. The lowest BCUT2D eigenvalue weighted by atomic mass is 9.86. The highest BCUT2D eigenvalue weighted by Gasteiger charge is 2.32. The van der Waals surface area contributed by atoms with Crippen molar-refractivity contribution >= 4 is 23.4 Å². The molecule has 3 rings (SSSR count). The van der Waals surface area contributed by atoms with Crippen LogP contribution in [0.5, 0.6) is 0 Å². The summed E-state index contributed by atoms with van der Waals surface area (Å²) in [6.45, 7) is 9.19. The monoisotopic (exact) mass is 469 g/mol. The molecule has 1 aliphatic heterocycles. The molecule has 34 heavy (non-hydrogen) atoms. The number of rotatable bonds is 6. The first kappa shape index (κ1) is 25.4. The fourth-order valence-corrected chi connectivity index (χ4v) is 3.85. The molecular weight excluding hydrogens is 437 g/mol. The van der Waals surface area contributed by atoms with Gasteiger partial charge in [-0.05, 0) is 48.1 Å². The molecule has 0 aliphatic carbocycles. The fraction of sp³-hybridized carbons (Fsp3) is 0.423. The van der Waals surface area contributed by atoms with E-state index in [0.29, 0.717) is 16.7 Å². The second kappa shape index (κ2) is 9.54. The largest absolute Gasteiger partial charge is 0.386 e. The van der Waals surface area contributed by atoms with E-state index in [1.165, 1.54) is 6.07 Å². The second-order valence-electron chi connectivity index (χ2n) is 10.3. The second-order valence-corrected chi connectivity index (χ2v) is 10.3. The highest BCUT2D eigenvalue weighted by Crippen LogP contribution is 2.28. The average molecular weight is 470 g/mol. The Bertz CT molecular complexity index is 1080. The first-order valence-corrected chi connectivity index (χ1v) is 11.3. The molecule has 0 spiro atoms. The van der Waals surface area contributed by atoms with E-state index < -0.39 is 40.6 Å². The number of anilines is 1. The Labute approximate surface area is 199 Å². The van der Waals surface area contributed by atoms with Gasteiger partial charge in [0, 0.05) is 18.7 Å². The Hall–Kier alpha value is -3.26. The van der Waals surface area contributed by atoms with Crippen molar-refractivity contribution in [3.05, 3.63) is 65.0 Å². The van der Waals surface area contributed by atoms with E-state index in [4.69, 9.17) is 0 Å².